The first-order chi connectivity index (χ1) is 11.6. The summed E-state index contributed by atoms with van der Waals surface area (Å²) in [7, 11) is -2.00. The van der Waals surface area contributed by atoms with Gasteiger partial charge in [0.2, 0.25) is 10.0 Å². The number of benzene rings is 1. The van der Waals surface area contributed by atoms with Crippen LogP contribution in [0.25, 0.3) is 0 Å². The Morgan fingerprint density at radius 2 is 2.25 bits per heavy atom. The average Bonchev–Trinajstić information content (AvgIpc) is 3.31. The summed E-state index contributed by atoms with van der Waals surface area (Å²) in [5.41, 5.74) is 1.65. The van der Waals surface area contributed by atoms with Crippen molar-refractivity contribution in [3.05, 3.63) is 35.7 Å². The number of ether oxygens (including phenoxy) is 2. The summed E-state index contributed by atoms with van der Waals surface area (Å²) in [5, 5.41) is 10.5. The zero-order chi connectivity index (χ0) is 16.7. The van der Waals surface area contributed by atoms with E-state index < -0.39 is 10.0 Å². The Morgan fingerprint density at radius 3 is 3.00 bits per heavy atom. The highest BCUT2D eigenvalue weighted by Gasteiger charge is 2.41. The minimum absolute atomic E-state index is 0.138. The number of nitrogens with zero attached hydrogens (tertiary/aromatic N) is 3. The second-order valence-corrected chi connectivity index (χ2v) is 7.90. The number of H-pyrrole nitrogens is 1. The van der Waals surface area contributed by atoms with E-state index >= 15 is 0 Å². The summed E-state index contributed by atoms with van der Waals surface area (Å²) < 4.78 is 38.4. The highest BCUT2D eigenvalue weighted by Crippen LogP contribution is 2.34. The fourth-order valence-electron chi connectivity index (χ4n) is 3.32. The van der Waals surface area contributed by atoms with E-state index in [4.69, 9.17) is 9.47 Å². The predicted octanol–water partition coefficient (Wildman–Crippen LogP) is 0.543. The van der Waals surface area contributed by atoms with Gasteiger partial charge in [0.1, 0.15) is 5.75 Å². The van der Waals surface area contributed by atoms with Crippen LogP contribution in [0.1, 0.15) is 17.2 Å². The molecule has 24 heavy (non-hydrogen) atoms. The molecule has 1 N–H and O–H groups in total. The first kappa shape index (κ1) is 15.6. The van der Waals surface area contributed by atoms with Crippen LogP contribution in [0, 0.1) is 0 Å². The highest BCUT2D eigenvalue weighted by atomic mass is 32.2. The van der Waals surface area contributed by atoms with Crippen LogP contribution in [0.4, 0.5) is 0 Å². The predicted molar refractivity (Wildman–Crippen MR) is 84.3 cm³/mol. The van der Waals surface area contributed by atoms with Crippen LogP contribution in [0.3, 0.4) is 0 Å². The number of methoxy groups -OCH3 is 1. The molecule has 0 unspecified atom stereocenters. The van der Waals surface area contributed by atoms with E-state index in [1.807, 2.05) is 0 Å². The number of hydrogen-bond acceptors (Lipinski definition) is 6. The molecule has 128 valence electrons. The number of fused-ring (bicyclic) bond motifs is 1. The number of nitrogens with one attached hydrogen (secondary N) is 1. The first-order valence-electron chi connectivity index (χ1n) is 7.74. The molecular weight excluding hydrogens is 332 g/mol. The van der Waals surface area contributed by atoms with Crippen LogP contribution >= 0.6 is 0 Å². The van der Waals surface area contributed by atoms with Crippen molar-refractivity contribution < 1.29 is 17.9 Å². The Kier molecular flexibility index (Phi) is 3.78. The Bertz CT molecular complexity index is 837. The van der Waals surface area contributed by atoms with E-state index in [0.29, 0.717) is 30.3 Å². The number of aromatic nitrogens is 3. The van der Waals surface area contributed by atoms with Crippen LogP contribution < -0.4 is 4.74 Å². The molecule has 2 atom stereocenters. The van der Waals surface area contributed by atoms with Crippen molar-refractivity contribution in [3.63, 3.8) is 0 Å². The normalized spacial score (nSPS) is 24.0. The minimum Gasteiger partial charge on any atom is -0.493 e. The molecule has 2 aliphatic rings. The summed E-state index contributed by atoms with van der Waals surface area (Å²) in [6.07, 6.45) is 2.10. The number of sulfonamides is 1. The topological polar surface area (TPSA) is 97.4 Å². The summed E-state index contributed by atoms with van der Waals surface area (Å²) in [4.78, 5) is 0.294. The Morgan fingerprint density at radius 1 is 1.38 bits per heavy atom. The zero-order valence-corrected chi connectivity index (χ0v) is 14.0. The van der Waals surface area contributed by atoms with Crippen LogP contribution in [0.15, 0.2) is 29.3 Å². The maximum absolute atomic E-state index is 13.0. The zero-order valence-electron chi connectivity index (χ0n) is 13.2. The van der Waals surface area contributed by atoms with Crippen molar-refractivity contribution >= 4 is 10.0 Å². The van der Waals surface area contributed by atoms with Gasteiger partial charge in [-0.05, 0) is 23.8 Å². The molecule has 1 fully saturated rings. The molecule has 0 aliphatic carbocycles. The molecule has 2 aliphatic heterocycles. The summed E-state index contributed by atoms with van der Waals surface area (Å²) in [6.45, 7) is 1.22. The lowest BCUT2D eigenvalue weighted by atomic mass is 10.0. The van der Waals surface area contributed by atoms with Gasteiger partial charge in [-0.3, -0.25) is 0 Å². The molecule has 3 heterocycles. The third-order valence-corrected chi connectivity index (χ3v) is 6.48. The third kappa shape index (κ3) is 2.48. The second-order valence-electron chi connectivity index (χ2n) is 5.97. The van der Waals surface area contributed by atoms with Gasteiger partial charge in [0.15, 0.2) is 0 Å². The minimum atomic E-state index is -3.59. The van der Waals surface area contributed by atoms with Crippen molar-refractivity contribution in [2.75, 3.05) is 26.8 Å². The molecule has 1 aromatic heterocycles. The van der Waals surface area contributed by atoms with Crippen LogP contribution in [-0.4, -0.2) is 61.0 Å². The molecule has 8 nitrogen and oxygen atoms in total. The second kappa shape index (κ2) is 5.83. The van der Waals surface area contributed by atoms with Gasteiger partial charge in [-0.1, -0.05) is 0 Å². The van der Waals surface area contributed by atoms with Gasteiger partial charge in [-0.2, -0.15) is 19.7 Å². The monoisotopic (exact) mass is 350 g/mol. The fourth-order valence-corrected chi connectivity index (χ4v) is 4.85. The van der Waals surface area contributed by atoms with Crippen molar-refractivity contribution in [2.45, 2.75) is 23.3 Å². The van der Waals surface area contributed by atoms with E-state index in [-0.39, 0.29) is 12.0 Å². The van der Waals surface area contributed by atoms with E-state index in [1.165, 1.54) is 4.31 Å². The molecular formula is C15H18N4O4S. The lowest BCUT2D eigenvalue weighted by Crippen LogP contribution is -2.30. The lowest BCUT2D eigenvalue weighted by Gasteiger charge is -2.16. The number of hydrogen-bond donors (Lipinski definition) is 1. The molecule has 4 rings (SSSR count). The van der Waals surface area contributed by atoms with E-state index in [2.05, 4.69) is 15.4 Å². The molecule has 2 aromatic rings. The van der Waals surface area contributed by atoms with Gasteiger partial charge in [0.05, 0.1) is 29.5 Å². The molecule has 0 bridgehead atoms. The van der Waals surface area contributed by atoms with Crippen molar-refractivity contribution in [3.8, 4) is 5.75 Å². The van der Waals surface area contributed by atoms with E-state index in [1.54, 1.807) is 31.5 Å². The maximum Gasteiger partial charge on any atom is 0.243 e. The smallest absolute Gasteiger partial charge is 0.243 e. The van der Waals surface area contributed by atoms with Gasteiger partial charge >= 0.3 is 0 Å². The van der Waals surface area contributed by atoms with E-state index in [0.717, 1.165) is 17.7 Å². The third-order valence-electron chi connectivity index (χ3n) is 4.65. The molecule has 1 saturated heterocycles. The Hall–Kier alpha value is -1.97. The molecule has 1 aromatic carbocycles. The van der Waals surface area contributed by atoms with E-state index in [9.17, 15) is 8.42 Å². The number of aromatic amines is 1. The molecule has 0 spiro atoms. The summed E-state index contributed by atoms with van der Waals surface area (Å²) in [5.74, 6) is 0.631. The average molecular weight is 350 g/mol. The molecule has 9 heteroatoms. The van der Waals surface area contributed by atoms with Crippen molar-refractivity contribution in [1.29, 1.82) is 0 Å². The highest BCUT2D eigenvalue weighted by molar-refractivity contribution is 7.89. The van der Waals surface area contributed by atoms with Gasteiger partial charge in [-0.25, -0.2) is 8.42 Å². The standard InChI is InChI=1S/C15H18N4O4S/c1-22-15-9-19(8-12(15)13-7-16-18-17-13)24(20,21)11-2-3-14-10(6-11)4-5-23-14/h2-3,6-7,12,15H,4-5,8-9H2,1H3,(H,16,17,18)/t12-,15+/m0/s1. The quantitative estimate of drug-likeness (QED) is 0.864. The number of rotatable bonds is 4. The van der Waals surface area contributed by atoms with Crippen molar-refractivity contribution in [2.24, 2.45) is 0 Å². The molecule has 0 radical (unpaired) electrons. The summed E-state index contributed by atoms with van der Waals surface area (Å²) in [6, 6.07) is 5.04. The van der Waals surface area contributed by atoms with Crippen molar-refractivity contribution in [1.82, 2.24) is 19.7 Å². The van der Waals surface area contributed by atoms with Gasteiger partial charge in [0, 0.05) is 32.5 Å². The largest absolute Gasteiger partial charge is 0.493 e. The van der Waals surface area contributed by atoms with Crippen LogP contribution in [-0.2, 0) is 21.2 Å². The van der Waals surface area contributed by atoms with Gasteiger partial charge < -0.3 is 9.47 Å². The summed E-state index contributed by atoms with van der Waals surface area (Å²) >= 11 is 0. The SMILES string of the molecule is CO[C@@H]1CN(S(=O)(=O)c2ccc3c(c2)CCO3)C[C@H]1c1cn[nH]n1. The molecule has 0 saturated carbocycles. The van der Waals surface area contributed by atoms with Gasteiger partial charge in [-0.15, -0.1) is 0 Å². The Balaban J connectivity index is 1.63. The van der Waals surface area contributed by atoms with Gasteiger partial charge in [0.25, 0.3) is 0 Å². The van der Waals surface area contributed by atoms with Crippen LogP contribution in [0.2, 0.25) is 0 Å². The maximum atomic E-state index is 13.0. The molecule has 0 amide bonds. The van der Waals surface area contributed by atoms with Crippen LogP contribution in [0.5, 0.6) is 5.75 Å². The fraction of sp³-hybridized carbons (Fsp3) is 0.467. The Labute approximate surface area is 139 Å². The first-order valence-corrected chi connectivity index (χ1v) is 9.18. The lowest BCUT2D eigenvalue weighted by molar-refractivity contribution is 0.101.